The van der Waals surface area contributed by atoms with Gasteiger partial charge < -0.3 is 0 Å². The molecule has 2 aliphatic rings. The van der Waals surface area contributed by atoms with Crippen LogP contribution in [0.4, 0.5) is 5.69 Å². The molecule has 0 N–H and O–H groups in total. The molecule has 3 atom stereocenters. The summed E-state index contributed by atoms with van der Waals surface area (Å²) in [7, 11) is 0. The van der Waals surface area contributed by atoms with E-state index >= 15 is 0 Å². The Bertz CT molecular complexity index is 799. The lowest BCUT2D eigenvalue weighted by Crippen LogP contribution is -2.31. The molecule has 3 heteroatoms. The molecule has 1 heterocycles. The van der Waals surface area contributed by atoms with Crippen molar-refractivity contribution in [2.75, 3.05) is 4.90 Å². The van der Waals surface area contributed by atoms with Gasteiger partial charge in [0.25, 0.3) is 0 Å². The second-order valence-electron chi connectivity index (χ2n) is 7.13. The fraction of sp³-hybridized carbons (Fsp3) is 0.364. The molecular formula is C22H23NO2. The summed E-state index contributed by atoms with van der Waals surface area (Å²) in [5, 5.41) is 0. The van der Waals surface area contributed by atoms with Crippen molar-refractivity contribution < 1.29 is 9.59 Å². The third kappa shape index (κ3) is 2.68. The van der Waals surface area contributed by atoms with Crippen molar-refractivity contribution in [3.05, 3.63) is 65.7 Å². The van der Waals surface area contributed by atoms with E-state index in [9.17, 15) is 9.59 Å². The maximum absolute atomic E-state index is 13.1. The van der Waals surface area contributed by atoms with Crippen LogP contribution in [0, 0.1) is 11.8 Å². The SMILES string of the molecule is CCc1ccccc1N1C(=O)[C@@H]2CC[C@@H](c3ccccc3)C[C@H]2C1=O. The minimum Gasteiger partial charge on any atom is -0.274 e. The molecule has 128 valence electrons. The lowest BCUT2D eigenvalue weighted by molar-refractivity contribution is -0.122. The summed E-state index contributed by atoms with van der Waals surface area (Å²) in [5.74, 6) is 0.0632. The monoisotopic (exact) mass is 333 g/mol. The summed E-state index contributed by atoms with van der Waals surface area (Å²) >= 11 is 0. The summed E-state index contributed by atoms with van der Waals surface area (Å²) in [4.78, 5) is 27.5. The van der Waals surface area contributed by atoms with Gasteiger partial charge in [-0.25, -0.2) is 4.90 Å². The largest absolute Gasteiger partial charge is 0.274 e. The molecule has 1 saturated carbocycles. The number of carbonyl (C=O) groups is 2. The van der Waals surface area contributed by atoms with Gasteiger partial charge in [-0.05, 0) is 48.8 Å². The number of carbonyl (C=O) groups excluding carboxylic acids is 2. The number of benzene rings is 2. The van der Waals surface area contributed by atoms with Crippen LogP contribution in [0.3, 0.4) is 0 Å². The van der Waals surface area contributed by atoms with Crippen molar-refractivity contribution >= 4 is 17.5 Å². The molecule has 0 aromatic heterocycles. The third-order valence-corrected chi connectivity index (χ3v) is 5.81. The van der Waals surface area contributed by atoms with E-state index in [0.29, 0.717) is 5.92 Å². The molecule has 2 aromatic rings. The Morgan fingerprint density at radius 3 is 2.32 bits per heavy atom. The fourth-order valence-electron chi connectivity index (χ4n) is 4.47. The summed E-state index contributed by atoms with van der Waals surface area (Å²) in [6.07, 6.45) is 3.38. The average molecular weight is 333 g/mol. The van der Waals surface area contributed by atoms with Crippen molar-refractivity contribution in [2.24, 2.45) is 11.8 Å². The maximum atomic E-state index is 13.1. The molecule has 2 aromatic carbocycles. The molecule has 1 aliphatic heterocycles. The smallest absolute Gasteiger partial charge is 0.237 e. The molecule has 3 nitrogen and oxygen atoms in total. The van der Waals surface area contributed by atoms with Crippen LogP contribution < -0.4 is 4.90 Å². The number of imide groups is 1. The van der Waals surface area contributed by atoms with Gasteiger partial charge in [0.15, 0.2) is 0 Å². The number of aryl methyl sites for hydroxylation is 1. The zero-order valence-corrected chi connectivity index (χ0v) is 14.5. The predicted octanol–water partition coefficient (Wildman–Crippen LogP) is 4.32. The minimum atomic E-state index is -0.170. The quantitative estimate of drug-likeness (QED) is 0.784. The Morgan fingerprint density at radius 2 is 1.56 bits per heavy atom. The van der Waals surface area contributed by atoms with E-state index in [1.165, 1.54) is 10.5 Å². The van der Waals surface area contributed by atoms with Crippen LogP contribution in [0.25, 0.3) is 0 Å². The second kappa shape index (κ2) is 6.47. The molecule has 1 saturated heterocycles. The number of nitrogens with zero attached hydrogens (tertiary/aromatic N) is 1. The number of anilines is 1. The van der Waals surface area contributed by atoms with Gasteiger partial charge in [-0.1, -0.05) is 55.5 Å². The highest BCUT2D eigenvalue weighted by atomic mass is 16.2. The number of amides is 2. The molecule has 0 unspecified atom stereocenters. The van der Waals surface area contributed by atoms with Gasteiger partial charge >= 0.3 is 0 Å². The average Bonchev–Trinajstić information content (AvgIpc) is 2.92. The number of para-hydroxylation sites is 1. The van der Waals surface area contributed by atoms with E-state index in [-0.39, 0.29) is 23.7 Å². The highest BCUT2D eigenvalue weighted by molar-refractivity contribution is 6.22. The van der Waals surface area contributed by atoms with Crippen LogP contribution >= 0.6 is 0 Å². The van der Waals surface area contributed by atoms with Crippen LogP contribution in [0.5, 0.6) is 0 Å². The molecular weight excluding hydrogens is 310 g/mol. The Morgan fingerprint density at radius 1 is 0.880 bits per heavy atom. The van der Waals surface area contributed by atoms with Gasteiger partial charge in [0.1, 0.15) is 0 Å². The Labute approximate surface area is 148 Å². The molecule has 4 rings (SSSR count). The predicted molar refractivity (Wildman–Crippen MR) is 98.3 cm³/mol. The summed E-state index contributed by atoms with van der Waals surface area (Å²) in [6, 6.07) is 18.2. The van der Waals surface area contributed by atoms with Crippen LogP contribution in [-0.4, -0.2) is 11.8 Å². The molecule has 0 radical (unpaired) electrons. The highest BCUT2D eigenvalue weighted by Gasteiger charge is 2.50. The highest BCUT2D eigenvalue weighted by Crippen LogP contribution is 2.46. The van der Waals surface area contributed by atoms with Crippen molar-refractivity contribution in [2.45, 2.75) is 38.5 Å². The van der Waals surface area contributed by atoms with Crippen molar-refractivity contribution in [1.82, 2.24) is 0 Å². The summed E-state index contributed by atoms with van der Waals surface area (Å²) < 4.78 is 0. The first-order chi connectivity index (χ1) is 12.2. The van der Waals surface area contributed by atoms with Crippen molar-refractivity contribution in [1.29, 1.82) is 0 Å². The zero-order valence-electron chi connectivity index (χ0n) is 14.5. The molecule has 25 heavy (non-hydrogen) atoms. The maximum Gasteiger partial charge on any atom is 0.237 e. The van der Waals surface area contributed by atoms with E-state index in [1.807, 2.05) is 42.5 Å². The number of fused-ring (bicyclic) bond motifs is 1. The van der Waals surface area contributed by atoms with Crippen LogP contribution in [-0.2, 0) is 16.0 Å². The van der Waals surface area contributed by atoms with E-state index < -0.39 is 0 Å². The van der Waals surface area contributed by atoms with Gasteiger partial charge in [0.2, 0.25) is 11.8 Å². The fourth-order valence-corrected chi connectivity index (χ4v) is 4.47. The van der Waals surface area contributed by atoms with Crippen LogP contribution in [0.2, 0.25) is 0 Å². The first-order valence-corrected chi connectivity index (χ1v) is 9.21. The van der Waals surface area contributed by atoms with E-state index in [1.54, 1.807) is 0 Å². The van der Waals surface area contributed by atoms with Crippen molar-refractivity contribution in [3.63, 3.8) is 0 Å². The van der Waals surface area contributed by atoms with Crippen molar-refractivity contribution in [3.8, 4) is 0 Å². The molecule has 2 fully saturated rings. The second-order valence-corrected chi connectivity index (χ2v) is 7.13. The van der Waals surface area contributed by atoms with E-state index in [0.717, 1.165) is 36.9 Å². The van der Waals surface area contributed by atoms with Gasteiger partial charge in [0.05, 0.1) is 17.5 Å². The van der Waals surface area contributed by atoms with E-state index in [2.05, 4.69) is 19.1 Å². The minimum absolute atomic E-state index is 0.00223. The first-order valence-electron chi connectivity index (χ1n) is 9.21. The normalized spacial score (nSPS) is 26.0. The standard InChI is InChI=1S/C22H23NO2/c1-2-15-8-6-7-11-20(15)23-21(24)18-13-12-17(14-19(18)22(23)25)16-9-4-3-5-10-16/h3-11,17-19H,2,12-14H2,1H3/t17-,18-,19-/m1/s1. The summed E-state index contributed by atoms with van der Waals surface area (Å²) in [6.45, 7) is 2.06. The molecule has 0 spiro atoms. The van der Waals surface area contributed by atoms with Gasteiger partial charge in [-0.2, -0.15) is 0 Å². The zero-order chi connectivity index (χ0) is 17.4. The third-order valence-electron chi connectivity index (χ3n) is 5.81. The van der Waals surface area contributed by atoms with E-state index in [4.69, 9.17) is 0 Å². The lowest BCUT2D eigenvalue weighted by Gasteiger charge is -2.28. The molecule has 0 bridgehead atoms. The molecule has 1 aliphatic carbocycles. The lowest BCUT2D eigenvalue weighted by atomic mass is 9.73. The van der Waals surface area contributed by atoms with Gasteiger partial charge in [-0.3, -0.25) is 9.59 Å². The van der Waals surface area contributed by atoms with Gasteiger partial charge in [0, 0.05) is 0 Å². The number of hydrogen-bond acceptors (Lipinski definition) is 2. The van der Waals surface area contributed by atoms with Crippen LogP contribution in [0.1, 0.15) is 43.2 Å². The number of hydrogen-bond donors (Lipinski definition) is 0. The summed E-state index contributed by atoms with van der Waals surface area (Å²) in [5.41, 5.74) is 3.13. The Kier molecular flexibility index (Phi) is 4.16. The van der Waals surface area contributed by atoms with Gasteiger partial charge in [-0.15, -0.1) is 0 Å². The number of rotatable bonds is 3. The molecule has 2 amide bonds. The topological polar surface area (TPSA) is 37.4 Å². The van der Waals surface area contributed by atoms with Crippen LogP contribution in [0.15, 0.2) is 54.6 Å². The Hall–Kier alpha value is -2.42. The Balaban J connectivity index is 1.63. The first kappa shape index (κ1) is 16.1.